The molecule has 0 aliphatic heterocycles. The van der Waals surface area contributed by atoms with Gasteiger partial charge in [0.25, 0.3) is 0 Å². The molecule has 1 nitrogen and oxygen atoms in total. The summed E-state index contributed by atoms with van der Waals surface area (Å²) in [5, 5.41) is 0.543. The molecule has 0 aliphatic carbocycles. The van der Waals surface area contributed by atoms with Gasteiger partial charge in [-0.3, -0.25) is 0 Å². The maximum atomic E-state index is 13.0. The Morgan fingerprint density at radius 1 is 0.920 bits per heavy atom. The second-order valence-corrected chi connectivity index (χ2v) is 6.22. The van der Waals surface area contributed by atoms with Gasteiger partial charge < -0.3 is 0 Å². The summed E-state index contributed by atoms with van der Waals surface area (Å²) in [4.78, 5) is 4.68. The van der Waals surface area contributed by atoms with Crippen molar-refractivity contribution in [2.24, 2.45) is 0 Å². The van der Waals surface area contributed by atoms with Gasteiger partial charge in [-0.25, -0.2) is 4.98 Å². The fourth-order valence-electron chi connectivity index (χ4n) is 3.00. The molecule has 0 amide bonds. The minimum Gasteiger partial charge on any atom is -0.248 e. The van der Waals surface area contributed by atoms with E-state index in [9.17, 15) is 13.2 Å². The van der Waals surface area contributed by atoms with Crippen LogP contribution in [0.25, 0.3) is 22.2 Å². The summed E-state index contributed by atoms with van der Waals surface area (Å²) >= 11 is 0. The first-order chi connectivity index (χ1) is 12.0. The Morgan fingerprint density at radius 2 is 1.68 bits per heavy atom. The predicted molar refractivity (Wildman–Crippen MR) is 95.4 cm³/mol. The second kappa shape index (κ2) is 7.26. The van der Waals surface area contributed by atoms with Gasteiger partial charge in [-0.1, -0.05) is 50.1 Å². The number of pyridine rings is 1. The van der Waals surface area contributed by atoms with Crippen molar-refractivity contribution in [2.45, 2.75) is 38.8 Å². The van der Waals surface area contributed by atoms with Crippen LogP contribution in [0.5, 0.6) is 0 Å². The fourth-order valence-corrected chi connectivity index (χ4v) is 3.00. The largest absolute Gasteiger partial charge is 0.416 e. The molecule has 1 aromatic heterocycles. The lowest BCUT2D eigenvalue weighted by atomic mass is 9.98. The van der Waals surface area contributed by atoms with Crippen LogP contribution in [-0.2, 0) is 12.6 Å². The number of nitrogens with zero attached hydrogens (tertiary/aromatic N) is 1. The van der Waals surface area contributed by atoms with Gasteiger partial charge in [-0.2, -0.15) is 13.2 Å². The Bertz CT molecular complexity index is 854. The lowest BCUT2D eigenvalue weighted by molar-refractivity contribution is -0.137. The van der Waals surface area contributed by atoms with E-state index in [0.29, 0.717) is 10.9 Å². The van der Waals surface area contributed by atoms with Gasteiger partial charge in [0.1, 0.15) is 0 Å². The lowest BCUT2D eigenvalue weighted by Gasteiger charge is -2.13. The zero-order valence-corrected chi connectivity index (χ0v) is 14.1. The average Bonchev–Trinajstić information content (AvgIpc) is 2.61. The molecule has 0 bridgehead atoms. The molecule has 130 valence electrons. The van der Waals surface area contributed by atoms with Crippen molar-refractivity contribution in [1.82, 2.24) is 4.98 Å². The highest BCUT2D eigenvalue weighted by molar-refractivity contribution is 5.84. The quantitative estimate of drug-likeness (QED) is 0.472. The van der Waals surface area contributed by atoms with E-state index in [0.717, 1.165) is 48.6 Å². The molecule has 0 N–H and O–H groups in total. The van der Waals surface area contributed by atoms with Crippen LogP contribution < -0.4 is 0 Å². The van der Waals surface area contributed by atoms with Crippen molar-refractivity contribution in [3.63, 3.8) is 0 Å². The molecule has 0 unspecified atom stereocenters. The normalized spacial score (nSPS) is 11.8. The molecule has 4 heteroatoms. The highest BCUT2D eigenvalue weighted by Crippen LogP contribution is 2.33. The zero-order valence-electron chi connectivity index (χ0n) is 14.1. The van der Waals surface area contributed by atoms with Gasteiger partial charge in [0.2, 0.25) is 0 Å². The van der Waals surface area contributed by atoms with Crippen LogP contribution in [0, 0.1) is 0 Å². The van der Waals surface area contributed by atoms with E-state index in [4.69, 9.17) is 0 Å². The van der Waals surface area contributed by atoms with E-state index >= 15 is 0 Å². The molecule has 1 heterocycles. The summed E-state index contributed by atoms with van der Waals surface area (Å²) in [6.07, 6.45) is -0.330. The van der Waals surface area contributed by atoms with Crippen molar-refractivity contribution >= 4 is 10.9 Å². The van der Waals surface area contributed by atoms with Crippen LogP contribution in [-0.4, -0.2) is 4.98 Å². The first-order valence-corrected chi connectivity index (χ1v) is 8.55. The standard InChI is InChI=1S/C21H20F3N/c1-2-3-5-10-16-13-17-14-18(21(22,23)24)11-12-19(17)25-20(16)15-8-6-4-7-9-15/h4,6-9,11-14H,2-3,5,10H2,1H3. The van der Waals surface area contributed by atoms with Gasteiger partial charge in [0.05, 0.1) is 16.8 Å². The van der Waals surface area contributed by atoms with Gasteiger partial charge in [-0.15, -0.1) is 0 Å². The lowest BCUT2D eigenvalue weighted by Crippen LogP contribution is -2.05. The van der Waals surface area contributed by atoms with Crippen molar-refractivity contribution in [2.75, 3.05) is 0 Å². The Kier molecular flexibility index (Phi) is 5.07. The highest BCUT2D eigenvalue weighted by Gasteiger charge is 2.30. The van der Waals surface area contributed by atoms with Crippen LogP contribution in [0.2, 0.25) is 0 Å². The molecule has 0 radical (unpaired) electrons. The fraction of sp³-hybridized carbons (Fsp3) is 0.286. The Labute approximate surface area is 145 Å². The number of hydrogen-bond donors (Lipinski definition) is 0. The molecule has 0 fully saturated rings. The Morgan fingerprint density at radius 3 is 2.36 bits per heavy atom. The summed E-state index contributed by atoms with van der Waals surface area (Å²) in [7, 11) is 0. The van der Waals surface area contributed by atoms with Gasteiger partial charge in [0.15, 0.2) is 0 Å². The maximum absolute atomic E-state index is 13.0. The van der Waals surface area contributed by atoms with Crippen molar-refractivity contribution in [3.8, 4) is 11.3 Å². The summed E-state index contributed by atoms with van der Waals surface area (Å²) in [6, 6.07) is 15.4. The molecule has 0 saturated carbocycles. The smallest absolute Gasteiger partial charge is 0.248 e. The number of aryl methyl sites for hydroxylation is 1. The van der Waals surface area contributed by atoms with Crippen LogP contribution in [0.1, 0.15) is 37.3 Å². The maximum Gasteiger partial charge on any atom is 0.416 e. The predicted octanol–water partition coefficient (Wildman–Crippen LogP) is 6.65. The van der Waals surface area contributed by atoms with Crippen LogP contribution in [0.15, 0.2) is 54.6 Å². The van der Waals surface area contributed by atoms with E-state index in [1.807, 2.05) is 36.4 Å². The van der Waals surface area contributed by atoms with E-state index < -0.39 is 11.7 Å². The number of hydrogen-bond acceptors (Lipinski definition) is 1. The van der Waals surface area contributed by atoms with E-state index in [1.54, 1.807) is 0 Å². The summed E-state index contributed by atoms with van der Waals surface area (Å²) < 4.78 is 39.0. The number of alkyl halides is 3. The third kappa shape index (κ3) is 4.01. The van der Waals surface area contributed by atoms with Crippen LogP contribution in [0.3, 0.4) is 0 Å². The van der Waals surface area contributed by atoms with Gasteiger partial charge in [0, 0.05) is 10.9 Å². The number of unbranched alkanes of at least 4 members (excludes halogenated alkanes) is 2. The number of benzene rings is 2. The molecule has 0 aliphatic rings. The van der Waals surface area contributed by atoms with Gasteiger partial charge in [-0.05, 0) is 42.7 Å². The minimum atomic E-state index is -4.34. The van der Waals surface area contributed by atoms with E-state index in [-0.39, 0.29) is 0 Å². The van der Waals surface area contributed by atoms with Crippen molar-refractivity contribution < 1.29 is 13.2 Å². The van der Waals surface area contributed by atoms with E-state index in [1.165, 1.54) is 12.1 Å². The molecular weight excluding hydrogens is 323 g/mol. The summed E-state index contributed by atoms with van der Waals surface area (Å²) in [6.45, 7) is 2.13. The molecule has 2 aromatic carbocycles. The Balaban J connectivity index is 2.11. The van der Waals surface area contributed by atoms with Gasteiger partial charge >= 0.3 is 6.18 Å². The number of aromatic nitrogens is 1. The number of halogens is 3. The summed E-state index contributed by atoms with van der Waals surface area (Å²) in [5.41, 5.74) is 2.83. The Hall–Kier alpha value is -2.36. The third-order valence-electron chi connectivity index (χ3n) is 4.32. The molecule has 0 saturated heterocycles. The van der Waals surface area contributed by atoms with E-state index in [2.05, 4.69) is 11.9 Å². The average molecular weight is 343 g/mol. The molecular formula is C21H20F3N. The molecule has 3 aromatic rings. The first kappa shape index (κ1) is 17.5. The minimum absolute atomic E-state index is 0.543. The number of fused-ring (bicyclic) bond motifs is 1. The number of rotatable bonds is 5. The monoisotopic (exact) mass is 343 g/mol. The summed E-state index contributed by atoms with van der Waals surface area (Å²) in [5.74, 6) is 0. The highest BCUT2D eigenvalue weighted by atomic mass is 19.4. The van der Waals surface area contributed by atoms with Crippen LogP contribution >= 0.6 is 0 Å². The molecule has 0 atom stereocenters. The topological polar surface area (TPSA) is 12.9 Å². The zero-order chi connectivity index (χ0) is 17.9. The third-order valence-corrected chi connectivity index (χ3v) is 4.32. The molecule has 0 spiro atoms. The second-order valence-electron chi connectivity index (χ2n) is 6.22. The van der Waals surface area contributed by atoms with Crippen molar-refractivity contribution in [1.29, 1.82) is 0 Å². The molecule has 3 rings (SSSR count). The SMILES string of the molecule is CCCCCc1cc2cc(C(F)(F)F)ccc2nc1-c1ccccc1. The molecule has 25 heavy (non-hydrogen) atoms. The van der Waals surface area contributed by atoms with Crippen molar-refractivity contribution in [3.05, 3.63) is 65.7 Å². The van der Waals surface area contributed by atoms with Crippen LogP contribution in [0.4, 0.5) is 13.2 Å². The first-order valence-electron chi connectivity index (χ1n) is 8.55.